The van der Waals surface area contributed by atoms with Crippen molar-refractivity contribution in [2.45, 2.75) is 32.7 Å². The standard InChI is InChI=1S/C16H20FNO3S/c1-3-12(4-2)16(19)18(14-7-5-13(17)6-8-14)15-9-10-22(20,21)11-15/h5-10,12,15H,3-4,11H2,1-2H3/t15-/m1/s1. The first-order chi connectivity index (χ1) is 10.4. The molecule has 1 aliphatic heterocycles. The molecule has 0 aromatic heterocycles. The number of carbonyl (C=O) groups is 1. The summed E-state index contributed by atoms with van der Waals surface area (Å²) < 4.78 is 36.5. The Bertz CT molecular complexity index is 663. The van der Waals surface area contributed by atoms with Crippen LogP contribution in [0.2, 0.25) is 0 Å². The maximum atomic E-state index is 13.1. The molecule has 0 fully saturated rings. The maximum Gasteiger partial charge on any atom is 0.230 e. The minimum Gasteiger partial charge on any atom is -0.304 e. The Morgan fingerprint density at radius 3 is 2.32 bits per heavy atom. The predicted molar refractivity (Wildman–Crippen MR) is 84.7 cm³/mol. The molecule has 1 atom stereocenters. The molecule has 1 aromatic carbocycles. The van der Waals surface area contributed by atoms with Crippen molar-refractivity contribution in [3.8, 4) is 0 Å². The number of nitrogens with zero attached hydrogens (tertiary/aromatic N) is 1. The Hall–Kier alpha value is -1.69. The monoisotopic (exact) mass is 325 g/mol. The van der Waals surface area contributed by atoms with Gasteiger partial charge in [0.05, 0.1) is 11.8 Å². The third-order valence-electron chi connectivity index (χ3n) is 3.92. The van der Waals surface area contributed by atoms with Crippen LogP contribution in [0, 0.1) is 11.7 Å². The van der Waals surface area contributed by atoms with Crippen molar-refractivity contribution in [2.75, 3.05) is 10.7 Å². The van der Waals surface area contributed by atoms with Crippen LogP contribution < -0.4 is 4.90 Å². The van der Waals surface area contributed by atoms with E-state index in [-0.39, 0.29) is 17.6 Å². The SMILES string of the molecule is CCC(CC)C(=O)N(c1ccc(F)cc1)[C@@H]1C=CS(=O)(=O)C1. The smallest absolute Gasteiger partial charge is 0.230 e. The lowest BCUT2D eigenvalue weighted by atomic mass is 10.00. The fourth-order valence-electron chi connectivity index (χ4n) is 2.64. The van der Waals surface area contributed by atoms with Gasteiger partial charge in [-0.25, -0.2) is 12.8 Å². The fraction of sp³-hybridized carbons (Fsp3) is 0.438. The van der Waals surface area contributed by atoms with E-state index in [0.717, 1.165) is 5.41 Å². The summed E-state index contributed by atoms with van der Waals surface area (Å²) in [4.78, 5) is 14.3. The summed E-state index contributed by atoms with van der Waals surface area (Å²) in [5.74, 6) is -0.825. The first-order valence-corrected chi connectivity index (χ1v) is 9.09. The molecule has 2 rings (SSSR count). The van der Waals surface area contributed by atoms with E-state index in [1.165, 1.54) is 35.2 Å². The molecule has 0 saturated heterocycles. The highest BCUT2D eigenvalue weighted by Gasteiger charge is 2.33. The van der Waals surface area contributed by atoms with Crippen molar-refractivity contribution in [1.82, 2.24) is 0 Å². The van der Waals surface area contributed by atoms with E-state index < -0.39 is 21.7 Å². The van der Waals surface area contributed by atoms with Crippen molar-refractivity contribution in [3.63, 3.8) is 0 Å². The number of hydrogen-bond acceptors (Lipinski definition) is 3. The highest BCUT2D eigenvalue weighted by Crippen LogP contribution is 2.26. The lowest BCUT2D eigenvalue weighted by Crippen LogP contribution is -2.44. The second-order valence-electron chi connectivity index (χ2n) is 5.42. The minimum absolute atomic E-state index is 0.122. The van der Waals surface area contributed by atoms with E-state index in [2.05, 4.69) is 0 Å². The van der Waals surface area contributed by atoms with E-state index >= 15 is 0 Å². The number of hydrogen-bond donors (Lipinski definition) is 0. The van der Waals surface area contributed by atoms with E-state index in [4.69, 9.17) is 0 Å². The summed E-state index contributed by atoms with van der Waals surface area (Å²) in [6, 6.07) is 5.03. The molecule has 0 aliphatic carbocycles. The molecule has 1 aliphatic rings. The van der Waals surface area contributed by atoms with Gasteiger partial charge in [0.2, 0.25) is 5.91 Å². The zero-order valence-electron chi connectivity index (χ0n) is 12.7. The van der Waals surface area contributed by atoms with Crippen LogP contribution in [-0.4, -0.2) is 26.1 Å². The largest absolute Gasteiger partial charge is 0.304 e. The summed E-state index contributed by atoms with van der Waals surface area (Å²) in [6.45, 7) is 3.85. The van der Waals surface area contributed by atoms with Gasteiger partial charge in [-0.1, -0.05) is 13.8 Å². The molecular weight excluding hydrogens is 305 g/mol. The summed E-state index contributed by atoms with van der Waals surface area (Å²) >= 11 is 0. The van der Waals surface area contributed by atoms with Crippen molar-refractivity contribution in [2.24, 2.45) is 5.92 Å². The van der Waals surface area contributed by atoms with Crippen molar-refractivity contribution in [1.29, 1.82) is 0 Å². The second kappa shape index (κ2) is 6.60. The van der Waals surface area contributed by atoms with Crippen LogP contribution in [0.4, 0.5) is 10.1 Å². The molecule has 4 nitrogen and oxygen atoms in total. The first-order valence-electron chi connectivity index (χ1n) is 7.37. The molecule has 120 valence electrons. The molecule has 0 spiro atoms. The molecule has 1 amide bonds. The second-order valence-corrected chi connectivity index (χ2v) is 7.35. The van der Waals surface area contributed by atoms with Crippen LogP contribution in [0.3, 0.4) is 0 Å². The molecule has 0 saturated carbocycles. The first kappa shape index (κ1) is 16.7. The molecule has 0 unspecified atom stereocenters. The quantitative estimate of drug-likeness (QED) is 0.836. The van der Waals surface area contributed by atoms with Crippen LogP contribution in [0.25, 0.3) is 0 Å². The number of amides is 1. The minimum atomic E-state index is -3.28. The van der Waals surface area contributed by atoms with Gasteiger partial charge in [-0.3, -0.25) is 4.79 Å². The average Bonchev–Trinajstić information content (AvgIpc) is 2.82. The predicted octanol–water partition coefficient (Wildman–Crippen LogP) is 2.91. The van der Waals surface area contributed by atoms with Gasteiger partial charge in [-0.05, 0) is 43.2 Å². The van der Waals surface area contributed by atoms with Crippen LogP contribution in [-0.2, 0) is 14.6 Å². The molecule has 1 aromatic rings. The van der Waals surface area contributed by atoms with Crippen molar-refractivity contribution in [3.05, 3.63) is 41.6 Å². The van der Waals surface area contributed by atoms with Gasteiger partial charge in [-0.15, -0.1) is 0 Å². The van der Waals surface area contributed by atoms with Gasteiger partial charge >= 0.3 is 0 Å². The number of carbonyl (C=O) groups excluding carboxylic acids is 1. The molecule has 0 bridgehead atoms. The third kappa shape index (κ3) is 3.55. The molecule has 6 heteroatoms. The topological polar surface area (TPSA) is 54.5 Å². The van der Waals surface area contributed by atoms with Crippen molar-refractivity contribution < 1.29 is 17.6 Å². The summed E-state index contributed by atoms with van der Waals surface area (Å²) in [5, 5.41) is 1.15. The molecule has 22 heavy (non-hydrogen) atoms. The van der Waals surface area contributed by atoms with Crippen LogP contribution in [0.5, 0.6) is 0 Å². The Morgan fingerprint density at radius 2 is 1.86 bits per heavy atom. The number of rotatable bonds is 5. The number of benzene rings is 1. The number of sulfone groups is 1. The van der Waals surface area contributed by atoms with E-state index in [9.17, 15) is 17.6 Å². The highest BCUT2D eigenvalue weighted by atomic mass is 32.2. The summed E-state index contributed by atoms with van der Waals surface area (Å²) in [7, 11) is -3.28. The van der Waals surface area contributed by atoms with Gasteiger partial charge in [0.15, 0.2) is 9.84 Å². The fourth-order valence-corrected chi connectivity index (χ4v) is 3.91. The van der Waals surface area contributed by atoms with Crippen molar-refractivity contribution >= 4 is 21.4 Å². The Morgan fingerprint density at radius 1 is 1.27 bits per heavy atom. The normalized spacial score (nSPS) is 19.5. The molecule has 0 radical (unpaired) electrons. The van der Waals surface area contributed by atoms with Gasteiger partial charge in [-0.2, -0.15) is 0 Å². The zero-order chi connectivity index (χ0) is 16.3. The zero-order valence-corrected chi connectivity index (χ0v) is 13.5. The van der Waals surface area contributed by atoms with Crippen LogP contribution in [0.15, 0.2) is 35.7 Å². The van der Waals surface area contributed by atoms with Gasteiger partial charge in [0.25, 0.3) is 0 Å². The summed E-state index contributed by atoms with van der Waals surface area (Å²) in [6.07, 6.45) is 2.88. The van der Waals surface area contributed by atoms with Gasteiger partial charge in [0.1, 0.15) is 5.82 Å². The van der Waals surface area contributed by atoms with Gasteiger partial charge in [0, 0.05) is 17.0 Å². The Labute approximate surface area is 130 Å². The lowest BCUT2D eigenvalue weighted by molar-refractivity contribution is -0.122. The van der Waals surface area contributed by atoms with E-state index in [1.807, 2.05) is 13.8 Å². The Balaban J connectivity index is 2.39. The third-order valence-corrected chi connectivity index (χ3v) is 5.30. The maximum absolute atomic E-state index is 13.1. The highest BCUT2D eigenvalue weighted by molar-refractivity contribution is 7.94. The van der Waals surface area contributed by atoms with E-state index in [1.54, 1.807) is 0 Å². The molecule has 1 heterocycles. The van der Waals surface area contributed by atoms with Crippen LogP contribution in [0.1, 0.15) is 26.7 Å². The lowest BCUT2D eigenvalue weighted by Gasteiger charge is -2.30. The van der Waals surface area contributed by atoms with Gasteiger partial charge < -0.3 is 4.90 Å². The average molecular weight is 325 g/mol. The molecular formula is C16H20FNO3S. The molecule has 0 N–H and O–H groups in total. The number of anilines is 1. The Kier molecular flexibility index (Phi) is 5.01. The number of halogens is 1. The summed E-state index contributed by atoms with van der Waals surface area (Å²) in [5.41, 5.74) is 0.519. The van der Waals surface area contributed by atoms with E-state index in [0.29, 0.717) is 18.5 Å². The van der Waals surface area contributed by atoms with Crippen LogP contribution >= 0.6 is 0 Å².